The summed E-state index contributed by atoms with van der Waals surface area (Å²) in [5, 5.41) is 25.0. The number of benzene rings is 2. The summed E-state index contributed by atoms with van der Waals surface area (Å²) in [6.07, 6.45) is -0.644. The van der Waals surface area contributed by atoms with Crippen LogP contribution in [0.3, 0.4) is 0 Å². The number of ether oxygens (including phenoxy) is 8. The summed E-state index contributed by atoms with van der Waals surface area (Å²) in [6.45, 7) is -1.75. The van der Waals surface area contributed by atoms with Gasteiger partial charge in [0, 0.05) is 81.7 Å². The van der Waals surface area contributed by atoms with E-state index in [2.05, 4.69) is 63.8 Å². The Bertz CT molecular complexity index is 4090. The smallest absolute Gasteiger partial charge is 0.410 e. The van der Waals surface area contributed by atoms with Crippen molar-refractivity contribution in [2.45, 2.75) is 127 Å². The van der Waals surface area contributed by atoms with E-state index in [9.17, 15) is 57.7 Å². The Morgan fingerprint density at radius 2 is 1.50 bits per heavy atom. The monoisotopic (exact) mass is 1590 g/mol. The summed E-state index contributed by atoms with van der Waals surface area (Å²) in [6, 6.07) is 10.8. The van der Waals surface area contributed by atoms with Crippen LogP contribution in [0.2, 0.25) is 0 Å². The van der Waals surface area contributed by atoms with E-state index < -0.39 is 140 Å². The Kier molecular flexibility index (Phi) is 31.5. The molecule has 3 aliphatic heterocycles. The molecule has 5 aromatic rings. The Labute approximate surface area is 630 Å². The SMILES string of the molecule is COCCOCCOCCOCCOCCC(=O)N[C@@H](CCCCN1C(=O)C=CC1=O)C(=O)NC(C(=O)N[C@@H](C)C(=O)Nc1ccc(COC(=O)N(C)Cc2ccccc2C(=O)Nc2nc3c(ncn3[C@@H]3O[C@@H]4COP(O)(=S)O[C@H]5C[C@H](Oc6ccncn6)C[C@@H]5COP(=O)(S)O[C@@H]3[C@@H]4O)c(=O)[nH]2)cc1)C(C)C. The number of hydrogen-bond acceptors (Lipinski definition) is 28. The zero-order chi connectivity index (χ0) is 77.5. The molecule has 37 nitrogen and oxygen atoms in total. The molecule has 8 N–H and O–H groups in total. The maximum Gasteiger partial charge on any atom is 0.410 e. The maximum atomic E-state index is 14.1. The van der Waals surface area contributed by atoms with Gasteiger partial charge in [-0.05, 0) is 79.7 Å². The molecule has 3 unspecified atom stereocenters. The number of aliphatic hydroxyl groups is 1. The fourth-order valence-electron chi connectivity index (χ4n) is 11.7. The van der Waals surface area contributed by atoms with Crippen LogP contribution >= 0.6 is 25.8 Å². The van der Waals surface area contributed by atoms with Gasteiger partial charge in [0.15, 0.2) is 17.4 Å². The average Bonchev–Trinajstić information content (AvgIpc) is 1.60. The minimum atomic E-state index is -4.39. The van der Waals surface area contributed by atoms with Crippen LogP contribution < -0.4 is 36.9 Å². The number of unbranched alkanes of at least 4 members (excludes halogenated alkanes) is 1. The number of thiol groups is 1. The normalized spacial score (nSPS) is 23.0. The maximum absolute atomic E-state index is 14.1. The van der Waals surface area contributed by atoms with Crippen molar-refractivity contribution in [3.63, 3.8) is 0 Å². The number of amides is 8. The van der Waals surface area contributed by atoms with Crippen LogP contribution in [0.4, 0.5) is 16.4 Å². The Morgan fingerprint density at radius 1 is 0.806 bits per heavy atom. The van der Waals surface area contributed by atoms with Crippen LogP contribution in [0, 0.1) is 11.8 Å². The van der Waals surface area contributed by atoms with E-state index in [1.165, 1.54) is 54.2 Å². The number of imidazole rings is 1. The number of carbonyl (C=O) groups excluding carboxylic acids is 8. The predicted octanol–water partition coefficient (Wildman–Crippen LogP) is 3.39. The van der Waals surface area contributed by atoms with E-state index in [1.807, 2.05) is 0 Å². The lowest BCUT2D eigenvalue weighted by atomic mass is 10.0. The molecule has 4 aliphatic rings. The number of aromatic nitrogens is 6. The second-order valence-electron chi connectivity index (χ2n) is 25.7. The van der Waals surface area contributed by atoms with Crippen LogP contribution in [0.5, 0.6) is 5.88 Å². The lowest BCUT2D eigenvalue weighted by Crippen LogP contribution is -2.57. The number of imide groups is 1. The second-order valence-corrected chi connectivity index (χ2v) is 31.4. The van der Waals surface area contributed by atoms with Gasteiger partial charge < -0.3 is 87.6 Å². The molecule has 8 amide bonds. The number of rotatable bonds is 37. The van der Waals surface area contributed by atoms with Crippen LogP contribution in [0.1, 0.15) is 87.0 Å². The largest absolute Gasteiger partial charge is 0.474 e. The summed E-state index contributed by atoms with van der Waals surface area (Å²) in [4.78, 5) is 152. The van der Waals surface area contributed by atoms with Crippen molar-refractivity contribution < 1.29 is 109 Å². The van der Waals surface area contributed by atoms with Crippen LogP contribution in [-0.4, -0.2) is 239 Å². The van der Waals surface area contributed by atoms with Gasteiger partial charge >= 0.3 is 19.6 Å². The molecular formula is C67H89N13O24P2S2. The van der Waals surface area contributed by atoms with E-state index in [0.29, 0.717) is 69.3 Å². The van der Waals surface area contributed by atoms with Gasteiger partial charge in [0.2, 0.25) is 35.5 Å². The first kappa shape index (κ1) is 83.9. The molecule has 0 radical (unpaired) electrons. The standard InChI is InChI=1S/C67H89N13O24P2S2/c1-40(2)55(74-62(87)48(12-8-9-22-79-53(82)17-18-54(79)83)73-51(81)20-23-94-26-27-96-30-31-97-29-28-95-25-24-93-5)63(88)71-41(3)60(85)72-45-15-13-42(14-16-45)35-98-67(90)78(4)34-43-10-6-7-11-47(43)61(86)76-66-75-59-56(64(89)77-66)70-39-80(59)65-58-57(84)50(102-65)37-100-105(91,107)103-49-33-46(101-52-19-21-68-38-69-52)32-44(49)36-99-106(92,108)104-58/h6-7,10-11,13-19,21,38-41,44,46,48-50,55,57-58,65,84H,8-9,12,20,22-37H2,1-5H3,(H,71,88)(H,72,85)(H,73,81)(H,74,87)(H,91,107)(H,92,108)(H2,75,76,77,86,89)/t41-,44+,46+,48-,49-,50+,55?,57+,58+,65+,105?,106?/m0/s1. The molecule has 3 aromatic heterocycles. The van der Waals surface area contributed by atoms with Gasteiger partial charge in [0.05, 0.1) is 85.1 Å². The third kappa shape index (κ3) is 24.7. The van der Waals surface area contributed by atoms with E-state index in [0.717, 1.165) is 11.2 Å². The van der Waals surface area contributed by atoms with Crippen molar-refractivity contribution in [1.82, 2.24) is 55.2 Å². The number of methoxy groups -OCH3 is 1. The first-order valence-corrected chi connectivity index (χ1v) is 40.0. The van der Waals surface area contributed by atoms with E-state index >= 15 is 0 Å². The molecule has 3 fully saturated rings. The zero-order valence-corrected chi connectivity index (χ0v) is 63.3. The third-order valence-electron chi connectivity index (χ3n) is 17.3. The van der Waals surface area contributed by atoms with E-state index in [4.69, 9.17) is 67.8 Å². The van der Waals surface area contributed by atoms with Gasteiger partial charge in [-0.3, -0.25) is 62.6 Å². The summed E-state index contributed by atoms with van der Waals surface area (Å²) in [5.41, 5.74) is 0.0471. The van der Waals surface area contributed by atoms with Crippen molar-refractivity contribution in [3.05, 3.63) is 113 Å². The number of fused-ring (bicyclic) bond motifs is 4. The fraction of sp³-hybridized carbons (Fsp3) is 0.537. The topological polar surface area (TPSA) is 461 Å². The molecule has 2 saturated heterocycles. The van der Waals surface area contributed by atoms with Crippen molar-refractivity contribution in [2.24, 2.45) is 11.8 Å². The number of H-pyrrole nitrogens is 1. The van der Waals surface area contributed by atoms with Crippen molar-refractivity contribution in [3.8, 4) is 5.88 Å². The molecule has 1 saturated carbocycles. The highest BCUT2D eigenvalue weighted by atomic mass is 32.7. The van der Waals surface area contributed by atoms with Gasteiger partial charge in [-0.25, -0.2) is 24.3 Å². The highest BCUT2D eigenvalue weighted by Crippen LogP contribution is 2.59. The molecule has 0 spiro atoms. The molecule has 9 rings (SSSR count). The molecule has 2 bridgehead atoms. The van der Waals surface area contributed by atoms with Gasteiger partial charge in [-0.2, -0.15) is 4.98 Å². The summed E-state index contributed by atoms with van der Waals surface area (Å²) < 4.78 is 83.1. The molecule has 588 valence electrons. The number of nitrogens with zero attached hydrogens (tertiary/aromatic N) is 7. The van der Waals surface area contributed by atoms with Crippen molar-refractivity contribution in [2.75, 3.05) is 104 Å². The number of carbonyl (C=O) groups is 8. The number of aromatic amines is 1. The van der Waals surface area contributed by atoms with Crippen LogP contribution in [0.15, 0.2) is 90.4 Å². The minimum absolute atomic E-state index is 0.0176. The van der Waals surface area contributed by atoms with Gasteiger partial charge in [-0.1, -0.05) is 56.4 Å². The third-order valence-corrected chi connectivity index (χ3v) is 20.5. The summed E-state index contributed by atoms with van der Waals surface area (Å²) >= 11 is 9.63. The fourth-order valence-corrected chi connectivity index (χ4v) is 14.7. The van der Waals surface area contributed by atoms with Gasteiger partial charge in [0.1, 0.15) is 55.5 Å². The Hall–Kier alpha value is -8.08. The predicted molar refractivity (Wildman–Crippen MR) is 389 cm³/mol. The quantitative estimate of drug-likeness (QED) is 0.0119. The van der Waals surface area contributed by atoms with E-state index in [1.54, 1.807) is 69.5 Å². The molecular weight excluding hydrogens is 1500 g/mol. The van der Waals surface area contributed by atoms with Crippen LogP contribution in [0.25, 0.3) is 11.2 Å². The highest BCUT2D eigenvalue weighted by Gasteiger charge is 2.51. The Morgan fingerprint density at radius 3 is 2.19 bits per heavy atom. The van der Waals surface area contributed by atoms with E-state index in [-0.39, 0.29) is 100 Å². The molecule has 108 heavy (non-hydrogen) atoms. The summed E-state index contributed by atoms with van der Waals surface area (Å²) in [5.74, 6) is -5.26. The number of hydrogen-bond donors (Lipinski definition) is 9. The van der Waals surface area contributed by atoms with Gasteiger partial charge in [0.25, 0.3) is 23.3 Å². The van der Waals surface area contributed by atoms with Crippen molar-refractivity contribution >= 4 is 108 Å². The van der Waals surface area contributed by atoms with Crippen LogP contribution in [-0.2, 0) is 110 Å². The average molecular weight is 1590 g/mol. The lowest BCUT2D eigenvalue weighted by molar-refractivity contribution is -0.137. The summed E-state index contributed by atoms with van der Waals surface area (Å²) in [7, 11) is 3.04. The second kappa shape index (κ2) is 40.6. The minimum Gasteiger partial charge on any atom is -0.474 e. The molecule has 2 aromatic carbocycles. The highest BCUT2D eigenvalue weighted by molar-refractivity contribution is 8.44. The molecule has 12 atom stereocenters. The molecule has 1 aliphatic carbocycles. The molecule has 6 heterocycles. The lowest BCUT2D eigenvalue weighted by Gasteiger charge is -2.27. The zero-order valence-electron chi connectivity index (χ0n) is 59.8. The number of anilines is 2. The van der Waals surface area contributed by atoms with Gasteiger partial charge in [-0.15, -0.1) is 0 Å². The first-order chi connectivity index (χ1) is 51.7. The first-order valence-electron chi connectivity index (χ1n) is 34.7. The number of aliphatic hydroxyl groups excluding tert-OH is 1. The van der Waals surface area contributed by atoms with Crippen molar-refractivity contribution in [1.29, 1.82) is 0 Å². The number of nitrogens with one attached hydrogen (secondary N) is 6. The Balaban J connectivity index is 0.737. The molecule has 41 heteroatoms.